The number of nitrogens with two attached hydrogens (primary N) is 1. The lowest BCUT2D eigenvalue weighted by molar-refractivity contribution is 0.0282. The highest BCUT2D eigenvalue weighted by atomic mass is 32.2. The molecular formula is C14H23N3O4S. The Bertz CT molecular complexity index is 657. The van der Waals surface area contributed by atoms with Crippen molar-refractivity contribution in [1.29, 1.82) is 0 Å². The smallest absolute Gasteiger partial charge is 0.424 e. The summed E-state index contributed by atoms with van der Waals surface area (Å²) in [6.07, 6.45) is 0.322. The zero-order chi connectivity index (χ0) is 17.3. The molecule has 0 saturated heterocycles. The number of carbonyl (C=O) groups is 1. The summed E-state index contributed by atoms with van der Waals surface area (Å²) in [5.41, 5.74) is 4.00. The maximum absolute atomic E-state index is 12.8. The molecule has 0 aromatic carbocycles. The quantitative estimate of drug-likeness (QED) is 0.893. The van der Waals surface area contributed by atoms with Crippen LogP contribution in [0.1, 0.15) is 41.5 Å². The number of hydrogen-bond donors (Lipinski definition) is 1. The summed E-state index contributed by atoms with van der Waals surface area (Å²) in [7, 11) is -4.19. The molecule has 1 rings (SSSR count). The van der Waals surface area contributed by atoms with Crippen molar-refractivity contribution in [3.63, 3.8) is 0 Å². The first kappa shape index (κ1) is 18.2. The Balaban J connectivity index is 3.37. The molecule has 1 heterocycles. The Morgan fingerprint density at radius 3 is 2.18 bits per heavy atom. The fourth-order valence-corrected chi connectivity index (χ4v) is 3.32. The summed E-state index contributed by atoms with van der Waals surface area (Å²) in [6.45, 7) is 9.79. The summed E-state index contributed by atoms with van der Waals surface area (Å²) >= 11 is 0. The topological polar surface area (TPSA) is 103 Å². The minimum atomic E-state index is -4.19. The van der Waals surface area contributed by atoms with E-state index in [0.717, 1.165) is 0 Å². The Morgan fingerprint density at radius 2 is 1.77 bits per heavy atom. The number of rotatable bonds is 2. The molecule has 2 N–H and O–H groups in total. The first-order valence-corrected chi connectivity index (χ1v) is 8.19. The third-order valence-corrected chi connectivity index (χ3v) is 4.36. The molecule has 0 aliphatic heterocycles. The number of aromatic nitrogens is 1. The van der Waals surface area contributed by atoms with E-state index < -0.39 is 27.3 Å². The van der Waals surface area contributed by atoms with Crippen LogP contribution >= 0.6 is 0 Å². The van der Waals surface area contributed by atoms with Crippen molar-refractivity contribution in [3.05, 3.63) is 18.3 Å². The van der Waals surface area contributed by atoms with Crippen molar-refractivity contribution in [2.24, 2.45) is 0 Å². The SMILES string of the molecule is CC(C)(C)OC(=O)N(C(C)(C)C)S(=O)(=O)c1cc(N)ccn1. The molecule has 1 amide bonds. The van der Waals surface area contributed by atoms with Crippen molar-refractivity contribution in [2.45, 2.75) is 57.7 Å². The Labute approximate surface area is 131 Å². The zero-order valence-electron chi connectivity index (χ0n) is 13.7. The van der Waals surface area contributed by atoms with Gasteiger partial charge in [-0.3, -0.25) is 0 Å². The van der Waals surface area contributed by atoms with Gasteiger partial charge in [-0.25, -0.2) is 9.78 Å². The van der Waals surface area contributed by atoms with Gasteiger partial charge in [0, 0.05) is 18.0 Å². The first-order valence-electron chi connectivity index (χ1n) is 6.75. The minimum absolute atomic E-state index is 0.242. The monoisotopic (exact) mass is 329 g/mol. The summed E-state index contributed by atoms with van der Waals surface area (Å²) in [4.78, 5) is 16.2. The third-order valence-electron chi connectivity index (χ3n) is 2.43. The Hall–Kier alpha value is -1.83. The number of carbonyl (C=O) groups excluding carboxylic acids is 1. The highest BCUT2D eigenvalue weighted by molar-refractivity contribution is 7.89. The van der Waals surface area contributed by atoms with Crippen molar-refractivity contribution in [1.82, 2.24) is 9.29 Å². The Kier molecular flexibility index (Phi) is 4.76. The molecule has 124 valence electrons. The molecule has 1 aromatic heterocycles. The predicted molar refractivity (Wildman–Crippen MR) is 83.7 cm³/mol. The maximum Gasteiger partial charge on any atom is 0.424 e. The van der Waals surface area contributed by atoms with E-state index in [9.17, 15) is 13.2 Å². The van der Waals surface area contributed by atoms with Crippen LogP contribution in [0.2, 0.25) is 0 Å². The van der Waals surface area contributed by atoms with E-state index in [1.165, 1.54) is 18.3 Å². The van der Waals surface area contributed by atoms with Gasteiger partial charge in [-0.1, -0.05) is 0 Å². The van der Waals surface area contributed by atoms with Gasteiger partial charge in [-0.05, 0) is 47.6 Å². The minimum Gasteiger partial charge on any atom is -0.443 e. The van der Waals surface area contributed by atoms with Crippen LogP contribution in [0.15, 0.2) is 23.4 Å². The fourth-order valence-electron chi connectivity index (χ4n) is 1.70. The maximum atomic E-state index is 12.8. The molecule has 0 bridgehead atoms. The van der Waals surface area contributed by atoms with Gasteiger partial charge in [-0.15, -0.1) is 0 Å². The normalized spacial score (nSPS) is 12.8. The Morgan fingerprint density at radius 1 is 1.23 bits per heavy atom. The van der Waals surface area contributed by atoms with Crippen LogP contribution in [0.4, 0.5) is 10.5 Å². The number of amides is 1. The third kappa shape index (κ3) is 4.33. The van der Waals surface area contributed by atoms with Crippen LogP contribution in [0.25, 0.3) is 0 Å². The number of sulfonamides is 1. The number of ether oxygens (including phenoxy) is 1. The molecule has 0 fully saturated rings. The molecule has 0 unspecified atom stereocenters. The molecule has 1 aromatic rings. The van der Waals surface area contributed by atoms with Gasteiger partial charge < -0.3 is 10.5 Å². The van der Waals surface area contributed by atoms with Crippen molar-refractivity contribution in [3.8, 4) is 0 Å². The van der Waals surface area contributed by atoms with Crippen molar-refractivity contribution < 1.29 is 17.9 Å². The summed E-state index contributed by atoms with van der Waals surface area (Å²) in [5.74, 6) is 0. The molecule has 0 aliphatic carbocycles. The molecule has 0 spiro atoms. The van der Waals surface area contributed by atoms with Crippen molar-refractivity contribution in [2.75, 3.05) is 5.73 Å². The van der Waals surface area contributed by atoms with Crippen LogP contribution in [0.3, 0.4) is 0 Å². The van der Waals surface area contributed by atoms with E-state index in [1.807, 2.05) is 0 Å². The molecule has 0 radical (unpaired) electrons. The van der Waals surface area contributed by atoms with Crippen LogP contribution in [-0.2, 0) is 14.8 Å². The highest BCUT2D eigenvalue weighted by Gasteiger charge is 2.41. The van der Waals surface area contributed by atoms with Crippen LogP contribution in [0, 0.1) is 0 Å². The van der Waals surface area contributed by atoms with Gasteiger partial charge in [0.1, 0.15) is 5.60 Å². The summed E-state index contributed by atoms with van der Waals surface area (Å²) in [5, 5.41) is -0.298. The number of anilines is 1. The second kappa shape index (κ2) is 5.75. The molecule has 7 nitrogen and oxygen atoms in total. The van der Waals surface area contributed by atoms with Crippen molar-refractivity contribution >= 4 is 21.8 Å². The van der Waals surface area contributed by atoms with Crippen LogP contribution in [0.5, 0.6) is 0 Å². The van der Waals surface area contributed by atoms with Gasteiger partial charge in [-0.2, -0.15) is 12.7 Å². The van der Waals surface area contributed by atoms with Gasteiger partial charge in [0.05, 0.1) is 5.54 Å². The van der Waals surface area contributed by atoms with E-state index in [-0.39, 0.29) is 10.7 Å². The predicted octanol–water partition coefficient (Wildman–Crippen LogP) is 2.39. The van der Waals surface area contributed by atoms with Crippen LogP contribution < -0.4 is 5.73 Å². The van der Waals surface area contributed by atoms with E-state index in [4.69, 9.17) is 10.5 Å². The van der Waals surface area contributed by atoms with E-state index in [0.29, 0.717) is 4.31 Å². The summed E-state index contributed by atoms with van der Waals surface area (Å²) in [6, 6.07) is 2.67. The molecular weight excluding hydrogens is 306 g/mol. The molecule has 22 heavy (non-hydrogen) atoms. The second-order valence-corrected chi connectivity index (χ2v) is 8.58. The average molecular weight is 329 g/mol. The average Bonchev–Trinajstić information content (AvgIpc) is 2.23. The van der Waals surface area contributed by atoms with E-state index in [1.54, 1.807) is 41.5 Å². The zero-order valence-corrected chi connectivity index (χ0v) is 14.6. The lowest BCUT2D eigenvalue weighted by Crippen LogP contribution is -2.51. The van der Waals surface area contributed by atoms with Gasteiger partial charge >= 0.3 is 6.09 Å². The lowest BCUT2D eigenvalue weighted by Gasteiger charge is -2.35. The van der Waals surface area contributed by atoms with Gasteiger partial charge in [0.15, 0.2) is 5.03 Å². The van der Waals surface area contributed by atoms with Gasteiger partial charge in [0.25, 0.3) is 10.0 Å². The second-order valence-electron chi connectivity index (χ2n) is 6.85. The first-order chi connectivity index (χ1) is 9.75. The molecule has 8 heteroatoms. The largest absolute Gasteiger partial charge is 0.443 e. The number of pyridine rings is 1. The molecule has 0 saturated carbocycles. The number of nitrogen functional groups attached to an aromatic ring is 1. The number of nitrogens with zero attached hydrogens (tertiary/aromatic N) is 2. The standard InChI is InChI=1S/C14H23N3O4S/c1-13(2,3)17(12(18)21-14(4,5)6)22(19,20)11-9-10(15)7-8-16-11/h7-9H,1-6H3,(H2,15,16). The lowest BCUT2D eigenvalue weighted by atomic mass is 10.1. The number of hydrogen-bond acceptors (Lipinski definition) is 6. The van der Waals surface area contributed by atoms with Gasteiger partial charge in [0.2, 0.25) is 0 Å². The summed E-state index contributed by atoms with van der Waals surface area (Å²) < 4.78 is 31.4. The molecule has 0 atom stereocenters. The van der Waals surface area contributed by atoms with Crippen LogP contribution in [-0.4, -0.2) is 34.9 Å². The fraction of sp³-hybridized carbons (Fsp3) is 0.571. The van der Waals surface area contributed by atoms with E-state index in [2.05, 4.69) is 4.98 Å². The van der Waals surface area contributed by atoms with E-state index >= 15 is 0 Å². The highest BCUT2D eigenvalue weighted by Crippen LogP contribution is 2.26. The molecule has 0 aliphatic rings.